The van der Waals surface area contributed by atoms with Crippen LogP contribution >= 0.6 is 0 Å². The second kappa shape index (κ2) is 8.26. The van der Waals surface area contributed by atoms with E-state index in [0.717, 1.165) is 0 Å². The molecule has 126 valence electrons. The highest BCUT2D eigenvalue weighted by atomic mass is 19.1. The van der Waals surface area contributed by atoms with Crippen LogP contribution < -0.4 is 15.8 Å². The summed E-state index contributed by atoms with van der Waals surface area (Å²) in [6, 6.07) is 13.4. The number of nitrogens with one attached hydrogen (secondary N) is 1. The molecule has 0 bridgehead atoms. The lowest BCUT2D eigenvalue weighted by Gasteiger charge is -2.07. The van der Waals surface area contributed by atoms with Crippen LogP contribution in [0, 0.1) is 17.1 Å². The average molecular weight is 339 g/mol. The molecule has 0 saturated carbocycles. The number of urea groups is 1. The molecule has 6 nitrogen and oxygen atoms in total. The molecule has 0 aromatic heterocycles. The maximum atomic E-state index is 13.5. The number of imide groups is 1. The van der Waals surface area contributed by atoms with Gasteiger partial charge in [-0.15, -0.1) is 0 Å². The molecule has 2 aromatic rings. The fraction of sp³-hybridized carbons (Fsp3) is 0.0556. The molecule has 0 unspecified atom stereocenters. The minimum absolute atomic E-state index is 0.0757. The molecular formula is C18H14FN3O3. The third kappa shape index (κ3) is 5.18. The van der Waals surface area contributed by atoms with Gasteiger partial charge in [-0.25, -0.2) is 9.18 Å². The van der Waals surface area contributed by atoms with E-state index in [1.807, 2.05) is 5.32 Å². The quantitative estimate of drug-likeness (QED) is 0.645. The molecule has 0 aliphatic carbocycles. The van der Waals surface area contributed by atoms with Gasteiger partial charge in [-0.2, -0.15) is 5.26 Å². The molecule has 2 rings (SSSR count). The zero-order valence-electron chi connectivity index (χ0n) is 13.0. The van der Waals surface area contributed by atoms with Gasteiger partial charge in [0.1, 0.15) is 29.8 Å². The van der Waals surface area contributed by atoms with Crippen molar-refractivity contribution in [2.45, 2.75) is 6.61 Å². The number of halogens is 1. The minimum atomic E-state index is -1.04. The Morgan fingerprint density at radius 1 is 1.20 bits per heavy atom. The number of benzene rings is 2. The van der Waals surface area contributed by atoms with Gasteiger partial charge in [0.05, 0.1) is 0 Å². The summed E-state index contributed by atoms with van der Waals surface area (Å²) in [6.07, 6.45) is 1.30. The van der Waals surface area contributed by atoms with Crippen molar-refractivity contribution in [1.82, 2.24) is 5.32 Å². The van der Waals surface area contributed by atoms with Crippen LogP contribution in [0.1, 0.15) is 11.1 Å². The summed E-state index contributed by atoms with van der Waals surface area (Å²) < 4.78 is 19.0. The summed E-state index contributed by atoms with van der Waals surface area (Å²) in [5.74, 6) is -0.725. The molecule has 7 heteroatoms. The van der Waals surface area contributed by atoms with Crippen molar-refractivity contribution >= 4 is 18.0 Å². The van der Waals surface area contributed by atoms with E-state index in [9.17, 15) is 14.0 Å². The highest BCUT2D eigenvalue weighted by Gasteiger charge is 2.10. The first-order valence-corrected chi connectivity index (χ1v) is 7.18. The molecule has 3 amide bonds. The summed E-state index contributed by atoms with van der Waals surface area (Å²) in [7, 11) is 0. The Morgan fingerprint density at radius 2 is 1.88 bits per heavy atom. The van der Waals surface area contributed by atoms with Gasteiger partial charge in [0.15, 0.2) is 0 Å². The topological polar surface area (TPSA) is 105 Å². The van der Waals surface area contributed by atoms with E-state index < -0.39 is 11.9 Å². The zero-order valence-corrected chi connectivity index (χ0v) is 13.0. The number of rotatable bonds is 5. The van der Waals surface area contributed by atoms with Crippen LogP contribution in [-0.2, 0) is 11.4 Å². The van der Waals surface area contributed by atoms with Gasteiger partial charge in [-0.1, -0.05) is 30.3 Å². The van der Waals surface area contributed by atoms with Crippen molar-refractivity contribution in [3.8, 4) is 11.8 Å². The van der Waals surface area contributed by atoms with Crippen molar-refractivity contribution in [2.24, 2.45) is 5.73 Å². The van der Waals surface area contributed by atoms with Crippen molar-refractivity contribution in [3.63, 3.8) is 0 Å². The molecule has 0 saturated heterocycles. The highest BCUT2D eigenvalue weighted by Crippen LogP contribution is 2.17. The molecule has 0 aliphatic heterocycles. The van der Waals surface area contributed by atoms with Crippen LogP contribution in [0.2, 0.25) is 0 Å². The van der Waals surface area contributed by atoms with Crippen molar-refractivity contribution in [2.75, 3.05) is 0 Å². The summed E-state index contributed by atoms with van der Waals surface area (Å²) in [5, 5.41) is 10.8. The fourth-order valence-corrected chi connectivity index (χ4v) is 1.93. The van der Waals surface area contributed by atoms with E-state index in [2.05, 4.69) is 0 Å². The van der Waals surface area contributed by atoms with Gasteiger partial charge in [0, 0.05) is 5.56 Å². The van der Waals surface area contributed by atoms with Gasteiger partial charge in [-0.3, -0.25) is 10.1 Å². The first-order valence-electron chi connectivity index (χ1n) is 7.18. The van der Waals surface area contributed by atoms with Crippen molar-refractivity contribution in [1.29, 1.82) is 5.26 Å². The van der Waals surface area contributed by atoms with E-state index in [-0.39, 0.29) is 18.0 Å². The number of primary amides is 1. The number of hydrogen-bond acceptors (Lipinski definition) is 4. The number of nitrogens with two attached hydrogens (primary N) is 1. The van der Waals surface area contributed by atoms with Crippen molar-refractivity contribution in [3.05, 3.63) is 71.0 Å². The molecule has 0 atom stereocenters. The summed E-state index contributed by atoms with van der Waals surface area (Å²) >= 11 is 0. The van der Waals surface area contributed by atoms with Crippen molar-refractivity contribution < 1.29 is 18.7 Å². The maximum Gasteiger partial charge on any atom is 0.319 e. The second-order valence-corrected chi connectivity index (χ2v) is 4.94. The Balaban J connectivity index is 2.05. The van der Waals surface area contributed by atoms with E-state index in [4.69, 9.17) is 15.7 Å². The number of hydrogen-bond donors (Lipinski definition) is 2. The Morgan fingerprint density at radius 3 is 2.48 bits per heavy atom. The first-order chi connectivity index (χ1) is 12.0. The largest absolute Gasteiger partial charge is 0.489 e. The lowest BCUT2D eigenvalue weighted by molar-refractivity contribution is -0.115. The Bertz CT molecular complexity index is 855. The Kier molecular flexibility index (Phi) is 5.85. The molecule has 0 heterocycles. The molecule has 25 heavy (non-hydrogen) atoms. The molecule has 0 radical (unpaired) electrons. The van der Waals surface area contributed by atoms with Gasteiger partial charge in [-0.05, 0) is 29.8 Å². The third-order valence-corrected chi connectivity index (χ3v) is 3.15. The smallest absolute Gasteiger partial charge is 0.319 e. The van der Waals surface area contributed by atoms with E-state index >= 15 is 0 Å². The van der Waals surface area contributed by atoms with Gasteiger partial charge < -0.3 is 10.5 Å². The SMILES string of the molecule is N#C/C(=C/c1ccc(OCc2ccccc2F)cc1)C(=O)NC(N)=O. The van der Waals surface area contributed by atoms with Crippen LogP contribution in [0.3, 0.4) is 0 Å². The lowest BCUT2D eigenvalue weighted by atomic mass is 10.1. The lowest BCUT2D eigenvalue weighted by Crippen LogP contribution is -2.35. The van der Waals surface area contributed by atoms with E-state index in [0.29, 0.717) is 16.9 Å². The molecule has 2 aromatic carbocycles. The van der Waals surface area contributed by atoms with Crippen LogP contribution in [0.5, 0.6) is 5.75 Å². The monoisotopic (exact) mass is 339 g/mol. The predicted molar refractivity (Wildman–Crippen MR) is 88.5 cm³/mol. The van der Waals surface area contributed by atoms with Crippen LogP contribution in [0.15, 0.2) is 54.1 Å². The molecule has 0 fully saturated rings. The maximum absolute atomic E-state index is 13.5. The normalized spacial score (nSPS) is 10.6. The van der Waals surface area contributed by atoms with Crippen LogP contribution in [-0.4, -0.2) is 11.9 Å². The second-order valence-electron chi connectivity index (χ2n) is 4.94. The molecule has 0 aliphatic rings. The fourth-order valence-electron chi connectivity index (χ4n) is 1.93. The zero-order chi connectivity index (χ0) is 18.2. The Labute approximate surface area is 143 Å². The summed E-state index contributed by atoms with van der Waals surface area (Å²) in [5.41, 5.74) is 5.56. The number of carbonyl (C=O) groups excluding carboxylic acids is 2. The molecular weight excluding hydrogens is 325 g/mol. The number of nitriles is 1. The van der Waals surface area contributed by atoms with Gasteiger partial charge in [0.25, 0.3) is 5.91 Å². The minimum Gasteiger partial charge on any atom is -0.489 e. The summed E-state index contributed by atoms with van der Waals surface area (Å²) in [6.45, 7) is 0.0757. The van der Waals surface area contributed by atoms with E-state index in [1.165, 1.54) is 12.1 Å². The number of carbonyl (C=O) groups is 2. The number of amides is 3. The molecule has 0 spiro atoms. The molecule has 3 N–H and O–H groups in total. The standard InChI is InChI=1S/C18H14FN3O3/c19-16-4-2-1-3-13(16)11-25-15-7-5-12(6-8-15)9-14(10-20)17(23)22-18(21)24/h1-9H,11H2,(H3,21,22,23,24)/b14-9-. The third-order valence-electron chi connectivity index (χ3n) is 3.15. The number of nitrogens with zero attached hydrogens (tertiary/aromatic N) is 1. The highest BCUT2D eigenvalue weighted by molar-refractivity contribution is 6.08. The van der Waals surface area contributed by atoms with Gasteiger partial charge in [0.2, 0.25) is 0 Å². The van der Waals surface area contributed by atoms with E-state index in [1.54, 1.807) is 48.5 Å². The van der Waals surface area contributed by atoms with Crippen LogP contribution in [0.4, 0.5) is 9.18 Å². The predicted octanol–water partition coefficient (Wildman–Crippen LogP) is 2.51. The first kappa shape index (κ1) is 17.7. The summed E-state index contributed by atoms with van der Waals surface area (Å²) in [4.78, 5) is 22.2. The van der Waals surface area contributed by atoms with Gasteiger partial charge >= 0.3 is 6.03 Å². The number of ether oxygens (including phenoxy) is 1. The average Bonchev–Trinajstić information content (AvgIpc) is 2.59. The van der Waals surface area contributed by atoms with Crippen LogP contribution in [0.25, 0.3) is 6.08 Å². The Hall–Kier alpha value is -3.66.